The number of halogens is 1. The molecule has 1 aliphatic rings. The molecule has 0 bridgehead atoms. The molecule has 0 aromatic heterocycles. The van der Waals surface area contributed by atoms with E-state index in [9.17, 15) is 0 Å². The summed E-state index contributed by atoms with van der Waals surface area (Å²) in [5, 5.41) is 0.773. The zero-order chi connectivity index (χ0) is 12.3. The third kappa shape index (κ3) is 3.49. The van der Waals surface area contributed by atoms with Crippen molar-refractivity contribution in [3.63, 3.8) is 0 Å². The van der Waals surface area contributed by atoms with Gasteiger partial charge in [0.1, 0.15) is 5.75 Å². The maximum atomic E-state index is 6.28. The summed E-state index contributed by atoms with van der Waals surface area (Å²) in [6.45, 7) is 4.69. The minimum absolute atomic E-state index is 0.773. The number of rotatable bonds is 3. The van der Waals surface area contributed by atoms with Crippen molar-refractivity contribution in [3.05, 3.63) is 29.3 Å². The summed E-state index contributed by atoms with van der Waals surface area (Å²) in [6.07, 6.45) is 6.87. The Bertz CT molecular complexity index is 355. The van der Waals surface area contributed by atoms with E-state index < -0.39 is 8.32 Å². The topological polar surface area (TPSA) is 9.23 Å². The van der Waals surface area contributed by atoms with Gasteiger partial charge in [0.05, 0.1) is 0 Å². The average molecular weight is 269 g/mol. The number of hydrogen-bond donors (Lipinski definition) is 0. The van der Waals surface area contributed by atoms with Gasteiger partial charge < -0.3 is 4.43 Å². The molecule has 0 amide bonds. The molecule has 94 valence electrons. The maximum absolute atomic E-state index is 6.28. The lowest BCUT2D eigenvalue weighted by atomic mass is 10.0. The standard InChI is InChI=1S/C14H21ClOSi/c1-17(2,14-6-4-3-5-7-14)16-13-10-8-12(15)9-11-13/h8-11,14H,3-7H2,1-2H3. The Hall–Kier alpha value is -0.473. The van der Waals surface area contributed by atoms with Crippen LogP contribution in [0.4, 0.5) is 0 Å². The van der Waals surface area contributed by atoms with Gasteiger partial charge in [0.25, 0.3) is 0 Å². The zero-order valence-corrected chi connectivity index (χ0v) is 12.5. The first-order chi connectivity index (χ1) is 8.08. The van der Waals surface area contributed by atoms with Crippen LogP contribution in [0.1, 0.15) is 32.1 Å². The van der Waals surface area contributed by atoms with Crippen molar-refractivity contribution in [1.82, 2.24) is 0 Å². The van der Waals surface area contributed by atoms with Crippen molar-refractivity contribution in [1.29, 1.82) is 0 Å². The fourth-order valence-corrected chi connectivity index (χ4v) is 5.52. The molecular formula is C14H21ClOSi. The van der Waals surface area contributed by atoms with Crippen LogP contribution in [-0.2, 0) is 0 Å². The molecule has 0 unspecified atom stereocenters. The fourth-order valence-electron chi connectivity index (χ4n) is 2.69. The van der Waals surface area contributed by atoms with Crippen LogP contribution >= 0.6 is 11.6 Å². The molecule has 1 nitrogen and oxygen atoms in total. The van der Waals surface area contributed by atoms with E-state index in [0.717, 1.165) is 16.3 Å². The van der Waals surface area contributed by atoms with Gasteiger partial charge in [-0.1, -0.05) is 30.9 Å². The molecule has 1 fully saturated rings. The van der Waals surface area contributed by atoms with E-state index in [1.807, 2.05) is 24.3 Å². The molecule has 0 atom stereocenters. The quantitative estimate of drug-likeness (QED) is 0.680. The SMILES string of the molecule is C[Si](C)(Oc1ccc(Cl)cc1)C1CCCCC1. The molecule has 1 aromatic rings. The Balaban J connectivity index is 2.02. The van der Waals surface area contributed by atoms with Crippen LogP contribution in [0.2, 0.25) is 23.7 Å². The van der Waals surface area contributed by atoms with Crippen LogP contribution in [0.25, 0.3) is 0 Å². The predicted molar refractivity (Wildman–Crippen MR) is 76.4 cm³/mol. The first-order valence-electron chi connectivity index (χ1n) is 6.52. The van der Waals surface area contributed by atoms with E-state index in [-0.39, 0.29) is 0 Å². The van der Waals surface area contributed by atoms with Gasteiger partial charge in [-0.3, -0.25) is 0 Å². The summed E-state index contributed by atoms with van der Waals surface area (Å²) in [4.78, 5) is 0. The third-order valence-corrected chi connectivity index (χ3v) is 7.34. The number of benzene rings is 1. The van der Waals surface area contributed by atoms with Gasteiger partial charge in [0, 0.05) is 5.02 Å². The maximum Gasteiger partial charge on any atom is 0.248 e. The van der Waals surface area contributed by atoms with E-state index in [1.54, 1.807) is 0 Å². The molecule has 0 saturated heterocycles. The van der Waals surface area contributed by atoms with Gasteiger partial charge in [-0.25, -0.2) is 0 Å². The van der Waals surface area contributed by atoms with Gasteiger partial charge in [-0.05, 0) is 55.7 Å². The highest BCUT2D eigenvalue weighted by atomic mass is 35.5. The molecular weight excluding hydrogens is 248 g/mol. The van der Waals surface area contributed by atoms with Crippen LogP contribution in [0, 0.1) is 0 Å². The van der Waals surface area contributed by atoms with Gasteiger partial charge >= 0.3 is 0 Å². The van der Waals surface area contributed by atoms with E-state index in [4.69, 9.17) is 16.0 Å². The summed E-state index contributed by atoms with van der Waals surface area (Å²) < 4.78 is 6.28. The minimum atomic E-state index is -1.60. The van der Waals surface area contributed by atoms with Gasteiger partial charge in [-0.2, -0.15) is 0 Å². The highest BCUT2D eigenvalue weighted by molar-refractivity contribution is 6.73. The first kappa shape index (κ1) is 13.0. The second-order valence-electron chi connectivity index (χ2n) is 5.49. The zero-order valence-electron chi connectivity index (χ0n) is 10.7. The van der Waals surface area contributed by atoms with Crippen molar-refractivity contribution < 1.29 is 4.43 Å². The monoisotopic (exact) mass is 268 g/mol. The Morgan fingerprint density at radius 1 is 1.06 bits per heavy atom. The predicted octanol–water partition coefficient (Wildman–Crippen LogP) is 5.26. The van der Waals surface area contributed by atoms with Crippen molar-refractivity contribution >= 4 is 19.9 Å². The van der Waals surface area contributed by atoms with Crippen LogP contribution in [0.3, 0.4) is 0 Å². The second-order valence-corrected chi connectivity index (χ2v) is 10.2. The third-order valence-electron chi connectivity index (χ3n) is 3.78. The van der Waals surface area contributed by atoms with E-state index in [2.05, 4.69) is 13.1 Å². The van der Waals surface area contributed by atoms with Crippen LogP contribution in [0.15, 0.2) is 24.3 Å². The second kappa shape index (κ2) is 5.45. The van der Waals surface area contributed by atoms with Crippen molar-refractivity contribution in [3.8, 4) is 5.75 Å². The summed E-state index contributed by atoms with van der Waals surface area (Å²) >= 11 is 5.89. The summed E-state index contributed by atoms with van der Waals surface area (Å²) in [7, 11) is -1.60. The molecule has 2 rings (SSSR count). The minimum Gasteiger partial charge on any atom is -0.544 e. The molecule has 0 N–H and O–H groups in total. The summed E-state index contributed by atoms with van der Waals surface area (Å²) in [5.41, 5.74) is 0.812. The van der Waals surface area contributed by atoms with Crippen LogP contribution in [0.5, 0.6) is 5.75 Å². The normalized spacial score (nSPS) is 18.1. The molecule has 0 aliphatic heterocycles. The molecule has 0 radical (unpaired) electrons. The highest BCUT2D eigenvalue weighted by Crippen LogP contribution is 2.38. The Labute approximate surface area is 110 Å². The van der Waals surface area contributed by atoms with E-state index >= 15 is 0 Å². The Kier molecular flexibility index (Phi) is 4.16. The van der Waals surface area contributed by atoms with Gasteiger partial charge in [0.2, 0.25) is 8.32 Å². The smallest absolute Gasteiger partial charge is 0.248 e. The van der Waals surface area contributed by atoms with Crippen LogP contribution in [-0.4, -0.2) is 8.32 Å². The number of hydrogen-bond acceptors (Lipinski definition) is 1. The van der Waals surface area contributed by atoms with Crippen LogP contribution < -0.4 is 4.43 Å². The lowest BCUT2D eigenvalue weighted by Crippen LogP contribution is -2.40. The molecule has 0 spiro atoms. The molecule has 0 heterocycles. The van der Waals surface area contributed by atoms with Crippen molar-refractivity contribution in [2.24, 2.45) is 0 Å². The Morgan fingerprint density at radius 2 is 1.65 bits per heavy atom. The van der Waals surface area contributed by atoms with Gasteiger partial charge in [0.15, 0.2) is 0 Å². The summed E-state index contributed by atoms with van der Waals surface area (Å²) in [6, 6.07) is 7.78. The molecule has 17 heavy (non-hydrogen) atoms. The van der Waals surface area contributed by atoms with Gasteiger partial charge in [-0.15, -0.1) is 0 Å². The largest absolute Gasteiger partial charge is 0.544 e. The molecule has 1 aromatic carbocycles. The molecule has 1 saturated carbocycles. The lowest BCUT2D eigenvalue weighted by Gasteiger charge is -2.35. The Morgan fingerprint density at radius 3 is 2.24 bits per heavy atom. The van der Waals surface area contributed by atoms with E-state index in [1.165, 1.54) is 32.1 Å². The molecule has 1 aliphatic carbocycles. The lowest BCUT2D eigenvalue weighted by molar-refractivity contribution is 0.440. The van der Waals surface area contributed by atoms with Crippen molar-refractivity contribution in [2.75, 3.05) is 0 Å². The first-order valence-corrected chi connectivity index (χ1v) is 9.89. The van der Waals surface area contributed by atoms with Crippen molar-refractivity contribution in [2.45, 2.75) is 50.7 Å². The fraction of sp³-hybridized carbons (Fsp3) is 0.571. The highest BCUT2D eigenvalue weighted by Gasteiger charge is 2.36. The van der Waals surface area contributed by atoms with E-state index in [0.29, 0.717) is 0 Å². The molecule has 3 heteroatoms. The average Bonchev–Trinajstić information content (AvgIpc) is 2.33. The summed E-state index contributed by atoms with van der Waals surface area (Å²) in [5.74, 6) is 0.983.